The fourth-order valence-electron chi connectivity index (χ4n) is 2.84. The van der Waals surface area contributed by atoms with Gasteiger partial charge in [-0.1, -0.05) is 0 Å². The van der Waals surface area contributed by atoms with Crippen LogP contribution in [-0.2, 0) is 7.05 Å². The normalized spacial score (nSPS) is 15.7. The van der Waals surface area contributed by atoms with Crippen LogP contribution in [0, 0.1) is 19.6 Å². The molecule has 0 unspecified atom stereocenters. The molecule has 2 aromatic rings. The predicted molar refractivity (Wildman–Crippen MR) is 99.6 cm³/mol. The van der Waals surface area contributed by atoms with Gasteiger partial charge < -0.3 is 0 Å². The number of hydrogen-bond donors (Lipinski definition) is 0. The zero-order valence-corrected chi connectivity index (χ0v) is 17.2. The molecule has 0 atom stereocenters. The number of halogens is 1. The average Bonchev–Trinajstić information content (AvgIpc) is 2.45. The summed E-state index contributed by atoms with van der Waals surface area (Å²) in [5, 5.41) is 0. The van der Waals surface area contributed by atoms with Crippen LogP contribution in [0.5, 0.6) is 0 Å². The van der Waals surface area contributed by atoms with E-state index in [0.29, 0.717) is 5.56 Å². The summed E-state index contributed by atoms with van der Waals surface area (Å²) in [5.74, 6) is 5.36. The van der Waals surface area contributed by atoms with Crippen LogP contribution in [0.25, 0.3) is 11.3 Å². The third kappa shape index (κ3) is 3.68. The number of nitrogens with zero attached hydrogens (tertiary/aromatic N) is 1. The Hall–Kier alpha value is -1.16. The molecule has 0 fully saturated rings. The van der Waals surface area contributed by atoms with Gasteiger partial charge in [0.25, 0.3) is 0 Å². The van der Waals surface area contributed by atoms with Crippen LogP contribution < -0.4 is 8.96 Å². The van der Waals surface area contributed by atoms with Crippen molar-refractivity contribution in [1.29, 1.82) is 0 Å². The van der Waals surface area contributed by atoms with Crippen molar-refractivity contribution in [1.82, 2.24) is 0 Å². The van der Waals surface area contributed by atoms with E-state index >= 15 is 0 Å². The molecular formula is C20H29FGeN+. The Morgan fingerprint density at radius 3 is 2.35 bits per heavy atom. The van der Waals surface area contributed by atoms with Gasteiger partial charge in [0.15, 0.2) is 0 Å². The zero-order valence-electron chi connectivity index (χ0n) is 19.1. The Morgan fingerprint density at radius 2 is 1.83 bits per heavy atom. The van der Waals surface area contributed by atoms with Gasteiger partial charge in [-0.2, -0.15) is 0 Å². The summed E-state index contributed by atoms with van der Waals surface area (Å²) in [5.41, 5.74) is 3.05. The van der Waals surface area contributed by atoms with E-state index in [4.69, 9.17) is 5.48 Å². The van der Waals surface area contributed by atoms with E-state index in [2.05, 4.69) is 23.3 Å². The second-order valence-electron chi connectivity index (χ2n) is 7.50. The van der Waals surface area contributed by atoms with E-state index in [1.165, 1.54) is 16.5 Å². The third-order valence-electron chi connectivity index (χ3n) is 4.19. The van der Waals surface area contributed by atoms with Crippen molar-refractivity contribution in [2.24, 2.45) is 7.05 Å². The fourth-order valence-corrected chi connectivity index (χ4v) is 6.22. The summed E-state index contributed by atoms with van der Waals surface area (Å²) in [7, 11) is 1.91. The Labute approximate surface area is 148 Å². The predicted octanol–water partition coefficient (Wildman–Crippen LogP) is 4.60. The number of benzene rings is 1. The Bertz CT molecular complexity index is 878. The number of aryl methyl sites for hydroxylation is 3. The summed E-state index contributed by atoms with van der Waals surface area (Å²) in [6.45, 7) is 3.07. The van der Waals surface area contributed by atoms with E-state index < -0.39 is 31.8 Å². The van der Waals surface area contributed by atoms with Gasteiger partial charge in [0, 0.05) is 0 Å². The van der Waals surface area contributed by atoms with E-state index in [1.807, 2.05) is 38.6 Å². The molecule has 0 spiro atoms. The van der Waals surface area contributed by atoms with Gasteiger partial charge in [0.05, 0.1) is 0 Å². The second-order valence-corrected chi connectivity index (χ2v) is 18.1. The van der Waals surface area contributed by atoms with Crippen LogP contribution in [0.1, 0.15) is 41.9 Å². The first kappa shape index (κ1) is 13.2. The first-order chi connectivity index (χ1) is 12.0. The zero-order chi connectivity index (χ0) is 20.9. The van der Waals surface area contributed by atoms with E-state index in [9.17, 15) is 4.39 Å². The molecule has 1 aromatic carbocycles. The Morgan fingerprint density at radius 1 is 1.17 bits per heavy atom. The molecule has 0 saturated carbocycles. The molecule has 0 N–H and O–H groups in total. The van der Waals surface area contributed by atoms with Crippen LogP contribution in [0.3, 0.4) is 0 Å². The van der Waals surface area contributed by atoms with Gasteiger partial charge in [-0.15, -0.1) is 0 Å². The number of pyridine rings is 1. The fraction of sp³-hybridized carbons (Fsp3) is 0.450. The Balaban J connectivity index is 2.85. The molecule has 0 amide bonds. The minimum absolute atomic E-state index is 0.242. The summed E-state index contributed by atoms with van der Waals surface area (Å²) >= 11 is -2.39. The SMILES string of the molecule is [2H]C([2H])([2H])c1cc(C)c(-c2[c]([Ge]([CH3])([CH3])[CH3])cc(C([2H])(C)C)c[n+]2C)cc1F. The first-order valence-electron chi connectivity index (χ1n) is 9.89. The van der Waals surface area contributed by atoms with Crippen LogP contribution in [0.4, 0.5) is 4.39 Å². The maximum absolute atomic E-state index is 14.7. The van der Waals surface area contributed by atoms with E-state index in [0.717, 1.165) is 16.8 Å². The average molecular weight is 379 g/mol. The van der Waals surface area contributed by atoms with Crippen molar-refractivity contribution in [2.45, 2.75) is 50.8 Å². The van der Waals surface area contributed by atoms with Crippen molar-refractivity contribution in [2.75, 3.05) is 0 Å². The molecule has 2 rings (SSSR count). The molecule has 23 heavy (non-hydrogen) atoms. The maximum atomic E-state index is 14.7. The summed E-state index contributed by atoms with van der Waals surface area (Å²) in [4.78, 5) is 0. The summed E-state index contributed by atoms with van der Waals surface area (Å²) in [6, 6.07) is 4.89. The van der Waals surface area contributed by atoms with Crippen molar-refractivity contribution in [3.63, 3.8) is 0 Å². The topological polar surface area (TPSA) is 3.88 Å². The molecular weight excluding hydrogens is 346 g/mol. The van der Waals surface area contributed by atoms with Gasteiger partial charge in [0.1, 0.15) is 0 Å². The molecule has 1 aromatic heterocycles. The van der Waals surface area contributed by atoms with E-state index in [1.54, 1.807) is 0 Å². The van der Waals surface area contributed by atoms with Crippen molar-refractivity contribution in [3.8, 4) is 11.3 Å². The van der Waals surface area contributed by atoms with E-state index in [-0.39, 0.29) is 5.56 Å². The Kier molecular flexibility index (Phi) is 3.66. The number of rotatable bonds is 3. The van der Waals surface area contributed by atoms with Gasteiger partial charge in [-0.3, -0.25) is 0 Å². The molecule has 1 nitrogen and oxygen atoms in total. The van der Waals surface area contributed by atoms with Crippen molar-refractivity contribution >= 4 is 17.7 Å². The minimum atomic E-state index is -2.47. The molecule has 0 aliphatic heterocycles. The standard InChI is InChI=1S/C20H29FGeN/c1-13(2)16-10-19(22(5,6)7)20(23(8)12-16)17-11-18(21)15(4)9-14(17)3/h9-13H,1-8H3/q+1/i4D3,13D. The molecule has 0 aliphatic carbocycles. The molecule has 3 heteroatoms. The summed E-state index contributed by atoms with van der Waals surface area (Å²) < 4.78 is 48.8. The summed E-state index contributed by atoms with van der Waals surface area (Å²) in [6.07, 6.45) is 1.93. The third-order valence-corrected chi connectivity index (χ3v) is 8.39. The number of aromatic nitrogens is 1. The monoisotopic (exact) mass is 380 g/mol. The second kappa shape index (κ2) is 6.39. The quantitative estimate of drug-likeness (QED) is 0.542. The van der Waals surface area contributed by atoms with Gasteiger partial charge in [0.2, 0.25) is 0 Å². The van der Waals surface area contributed by atoms with Gasteiger partial charge in [-0.25, -0.2) is 0 Å². The first-order valence-corrected chi connectivity index (χ1v) is 15.2. The molecule has 124 valence electrons. The van der Waals surface area contributed by atoms with Crippen LogP contribution in [-0.4, -0.2) is 13.3 Å². The van der Waals surface area contributed by atoms with Gasteiger partial charge >= 0.3 is 148 Å². The molecule has 1 heterocycles. The molecule has 0 bridgehead atoms. The molecule has 0 aliphatic rings. The van der Waals surface area contributed by atoms with Crippen molar-refractivity contribution in [3.05, 3.63) is 46.9 Å². The van der Waals surface area contributed by atoms with Crippen LogP contribution in [0.2, 0.25) is 17.3 Å². The number of hydrogen-bond acceptors (Lipinski definition) is 0. The van der Waals surface area contributed by atoms with Gasteiger partial charge in [-0.05, 0) is 0 Å². The van der Waals surface area contributed by atoms with Crippen LogP contribution in [0.15, 0.2) is 24.4 Å². The van der Waals surface area contributed by atoms with Crippen molar-refractivity contribution < 1.29 is 14.4 Å². The van der Waals surface area contributed by atoms with Crippen LogP contribution >= 0.6 is 0 Å². The molecule has 0 saturated heterocycles. The molecule has 0 radical (unpaired) electrons.